The van der Waals surface area contributed by atoms with Crippen LogP contribution in [0.15, 0.2) is 54.6 Å². The Hall–Kier alpha value is -3.15. The van der Waals surface area contributed by atoms with Gasteiger partial charge in [-0.1, -0.05) is 30.3 Å². The van der Waals surface area contributed by atoms with Crippen molar-refractivity contribution in [2.45, 2.75) is 26.4 Å². The number of hydrogen-bond acceptors (Lipinski definition) is 4. The van der Waals surface area contributed by atoms with Crippen molar-refractivity contribution in [1.82, 2.24) is 4.90 Å². The third kappa shape index (κ3) is 4.00. The van der Waals surface area contributed by atoms with Crippen molar-refractivity contribution in [3.8, 4) is 0 Å². The van der Waals surface area contributed by atoms with E-state index >= 15 is 0 Å². The second kappa shape index (κ2) is 7.23. The van der Waals surface area contributed by atoms with Crippen molar-refractivity contribution in [2.24, 2.45) is 0 Å². The van der Waals surface area contributed by atoms with Crippen LogP contribution in [0.1, 0.15) is 41.5 Å². The first-order chi connectivity index (χ1) is 12.8. The molecule has 2 aromatic carbocycles. The summed E-state index contributed by atoms with van der Waals surface area (Å²) in [6.07, 6.45) is -0.523. The Balaban J connectivity index is 1.79. The van der Waals surface area contributed by atoms with Gasteiger partial charge in [0, 0.05) is 18.8 Å². The first-order valence-electron chi connectivity index (χ1n) is 8.79. The van der Waals surface area contributed by atoms with Gasteiger partial charge in [-0.2, -0.15) is 0 Å². The van der Waals surface area contributed by atoms with Gasteiger partial charge in [-0.25, -0.2) is 4.79 Å². The summed E-state index contributed by atoms with van der Waals surface area (Å²) in [6.45, 7) is 5.60. The van der Waals surface area contributed by atoms with Gasteiger partial charge in [-0.05, 0) is 45.0 Å². The average Bonchev–Trinajstić information content (AvgIpc) is 2.86. The summed E-state index contributed by atoms with van der Waals surface area (Å²) < 4.78 is 5.48. The second-order valence-electron chi connectivity index (χ2n) is 7.28. The summed E-state index contributed by atoms with van der Waals surface area (Å²) in [5.41, 5.74) is 0.778. The van der Waals surface area contributed by atoms with E-state index in [9.17, 15) is 14.4 Å². The topological polar surface area (TPSA) is 66.9 Å². The molecule has 0 fully saturated rings. The third-order valence-electron chi connectivity index (χ3n) is 4.11. The van der Waals surface area contributed by atoms with Gasteiger partial charge in [0.2, 0.25) is 0 Å². The number of nitrogens with zero attached hydrogens (tertiary/aromatic N) is 2. The molecule has 1 heterocycles. The highest BCUT2D eigenvalue weighted by Gasteiger charge is 2.35. The summed E-state index contributed by atoms with van der Waals surface area (Å²) in [5.74, 6) is -0.680. The van der Waals surface area contributed by atoms with Crippen molar-refractivity contribution in [1.29, 1.82) is 0 Å². The summed E-state index contributed by atoms with van der Waals surface area (Å²) in [4.78, 5) is 40.3. The number of fused-ring (bicyclic) bond motifs is 1. The fourth-order valence-electron chi connectivity index (χ4n) is 2.89. The smallest absolute Gasteiger partial charge is 0.414 e. The van der Waals surface area contributed by atoms with Crippen LogP contribution >= 0.6 is 0 Å². The van der Waals surface area contributed by atoms with Gasteiger partial charge in [0.05, 0.1) is 11.1 Å². The minimum atomic E-state index is -0.653. The lowest BCUT2D eigenvalue weighted by atomic mass is 10.1. The number of carbonyl (C=O) groups excluding carboxylic acids is 3. The molecule has 0 saturated heterocycles. The first-order valence-corrected chi connectivity index (χ1v) is 8.79. The number of hydrogen-bond donors (Lipinski definition) is 0. The van der Waals surface area contributed by atoms with Crippen LogP contribution in [0.2, 0.25) is 0 Å². The molecular formula is C21H22N2O4. The van der Waals surface area contributed by atoms with Crippen molar-refractivity contribution in [3.05, 3.63) is 65.7 Å². The number of imide groups is 1. The van der Waals surface area contributed by atoms with Crippen molar-refractivity contribution in [3.63, 3.8) is 0 Å². The fraction of sp³-hybridized carbons (Fsp3) is 0.286. The van der Waals surface area contributed by atoms with Gasteiger partial charge in [0.1, 0.15) is 5.60 Å². The van der Waals surface area contributed by atoms with Crippen LogP contribution in [-0.2, 0) is 4.74 Å². The third-order valence-corrected chi connectivity index (χ3v) is 4.11. The Morgan fingerprint density at radius 1 is 0.926 bits per heavy atom. The molecule has 0 bridgehead atoms. The van der Waals surface area contributed by atoms with E-state index in [2.05, 4.69) is 0 Å². The maximum atomic E-state index is 12.7. The van der Waals surface area contributed by atoms with Crippen LogP contribution in [-0.4, -0.2) is 41.5 Å². The van der Waals surface area contributed by atoms with E-state index in [-0.39, 0.29) is 24.9 Å². The molecular weight excluding hydrogens is 344 g/mol. The lowest BCUT2D eigenvalue weighted by Crippen LogP contribution is -2.43. The Labute approximate surface area is 158 Å². The van der Waals surface area contributed by atoms with E-state index in [0.29, 0.717) is 16.8 Å². The van der Waals surface area contributed by atoms with Crippen molar-refractivity contribution in [2.75, 3.05) is 18.0 Å². The standard InChI is InChI=1S/C21H22N2O4/c1-21(2,3)27-20(26)22(15-9-5-4-6-10-15)13-14-23-18(24)16-11-7-8-12-17(16)19(23)25/h4-12H,13-14H2,1-3H3. The van der Waals surface area contributed by atoms with Gasteiger partial charge < -0.3 is 4.74 Å². The predicted octanol–water partition coefficient (Wildman–Crippen LogP) is 3.72. The number of benzene rings is 2. The maximum absolute atomic E-state index is 12.7. The SMILES string of the molecule is CC(C)(C)OC(=O)N(CCN1C(=O)c2ccccc2C1=O)c1ccccc1. The Morgan fingerprint density at radius 3 is 1.96 bits per heavy atom. The minimum absolute atomic E-state index is 0.0838. The highest BCUT2D eigenvalue weighted by atomic mass is 16.6. The zero-order chi connectivity index (χ0) is 19.6. The van der Waals surface area contributed by atoms with E-state index in [4.69, 9.17) is 4.74 Å². The largest absolute Gasteiger partial charge is 0.443 e. The molecule has 0 saturated carbocycles. The lowest BCUT2D eigenvalue weighted by Gasteiger charge is -2.28. The molecule has 2 aromatic rings. The van der Waals surface area contributed by atoms with E-state index in [0.717, 1.165) is 0 Å². The minimum Gasteiger partial charge on any atom is -0.443 e. The highest BCUT2D eigenvalue weighted by Crippen LogP contribution is 2.23. The van der Waals surface area contributed by atoms with Crippen molar-refractivity contribution >= 4 is 23.6 Å². The molecule has 0 atom stereocenters. The van der Waals surface area contributed by atoms with E-state index in [1.165, 1.54) is 9.80 Å². The molecule has 3 rings (SSSR count). The maximum Gasteiger partial charge on any atom is 0.414 e. The van der Waals surface area contributed by atoms with Gasteiger partial charge >= 0.3 is 6.09 Å². The average molecular weight is 366 g/mol. The predicted molar refractivity (Wildman–Crippen MR) is 102 cm³/mol. The molecule has 6 heteroatoms. The molecule has 0 unspecified atom stereocenters. The number of para-hydroxylation sites is 1. The highest BCUT2D eigenvalue weighted by molar-refractivity contribution is 6.21. The number of carbonyl (C=O) groups is 3. The van der Waals surface area contributed by atoms with Crippen LogP contribution < -0.4 is 4.90 Å². The molecule has 0 aliphatic carbocycles. The number of rotatable bonds is 4. The molecule has 140 valence electrons. The van der Waals surface area contributed by atoms with Crippen LogP contribution in [0.5, 0.6) is 0 Å². The van der Waals surface area contributed by atoms with Gasteiger partial charge in [-0.15, -0.1) is 0 Å². The molecule has 0 aromatic heterocycles. The number of amides is 3. The van der Waals surface area contributed by atoms with Crippen LogP contribution in [0, 0.1) is 0 Å². The number of anilines is 1. The summed E-state index contributed by atoms with van der Waals surface area (Å²) in [7, 11) is 0. The second-order valence-corrected chi connectivity index (χ2v) is 7.28. The molecule has 27 heavy (non-hydrogen) atoms. The van der Waals surface area contributed by atoms with E-state index < -0.39 is 11.7 Å². The first kappa shape index (κ1) is 18.6. The van der Waals surface area contributed by atoms with Crippen LogP contribution in [0.3, 0.4) is 0 Å². The lowest BCUT2D eigenvalue weighted by molar-refractivity contribution is 0.0555. The molecule has 1 aliphatic rings. The monoisotopic (exact) mass is 366 g/mol. The fourth-order valence-corrected chi connectivity index (χ4v) is 2.89. The zero-order valence-electron chi connectivity index (χ0n) is 15.6. The van der Waals surface area contributed by atoms with Crippen LogP contribution in [0.25, 0.3) is 0 Å². The summed E-state index contributed by atoms with van der Waals surface area (Å²) in [5, 5.41) is 0. The van der Waals surface area contributed by atoms with E-state index in [1.807, 2.05) is 18.2 Å². The van der Waals surface area contributed by atoms with Crippen LogP contribution in [0.4, 0.5) is 10.5 Å². The zero-order valence-corrected chi connectivity index (χ0v) is 15.6. The Morgan fingerprint density at radius 2 is 1.44 bits per heavy atom. The van der Waals surface area contributed by atoms with Crippen molar-refractivity contribution < 1.29 is 19.1 Å². The normalized spacial score (nSPS) is 13.5. The molecule has 1 aliphatic heterocycles. The van der Waals surface area contributed by atoms with E-state index in [1.54, 1.807) is 57.2 Å². The molecule has 0 N–H and O–H groups in total. The quantitative estimate of drug-likeness (QED) is 0.774. The number of ether oxygens (including phenoxy) is 1. The molecule has 3 amide bonds. The molecule has 0 radical (unpaired) electrons. The van der Waals surface area contributed by atoms with Gasteiger partial charge in [0.25, 0.3) is 11.8 Å². The van der Waals surface area contributed by atoms with Gasteiger partial charge in [0.15, 0.2) is 0 Å². The Kier molecular flexibility index (Phi) is 4.99. The summed E-state index contributed by atoms with van der Waals surface area (Å²) >= 11 is 0. The molecule has 6 nitrogen and oxygen atoms in total. The summed E-state index contributed by atoms with van der Waals surface area (Å²) in [6, 6.07) is 15.8. The Bertz CT molecular complexity index is 836. The molecule has 0 spiro atoms. The van der Waals surface area contributed by atoms with Gasteiger partial charge in [-0.3, -0.25) is 19.4 Å².